The average Bonchev–Trinajstić information content (AvgIpc) is 2.93. The number of benzene rings is 1. The first kappa shape index (κ1) is 18.5. The summed E-state index contributed by atoms with van der Waals surface area (Å²) in [6.45, 7) is 7.74. The lowest BCUT2D eigenvalue weighted by Crippen LogP contribution is -2.44. The van der Waals surface area contributed by atoms with E-state index in [2.05, 4.69) is 20.8 Å². The number of hydrogen-bond acceptors (Lipinski definition) is 7. The molecule has 0 bridgehead atoms. The zero-order valence-corrected chi connectivity index (χ0v) is 16.0. The normalized spacial score (nSPS) is 12.5. The van der Waals surface area contributed by atoms with Gasteiger partial charge in [0, 0.05) is 5.54 Å². The van der Waals surface area contributed by atoms with Crippen LogP contribution in [-0.4, -0.2) is 34.0 Å². The largest absolute Gasteiger partial charge is 0.495 e. The van der Waals surface area contributed by atoms with Crippen molar-refractivity contribution >= 4 is 39.8 Å². The molecule has 0 aliphatic heterocycles. The van der Waals surface area contributed by atoms with Crippen molar-refractivity contribution in [1.82, 2.24) is 15.5 Å². The lowest BCUT2D eigenvalue weighted by atomic mass is 10.1. The Morgan fingerprint density at radius 1 is 1.29 bits per heavy atom. The van der Waals surface area contributed by atoms with Crippen LogP contribution in [-0.2, 0) is 4.79 Å². The van der Waals surface area contributed by atoms with E-state index < -0.39 is 0 Å². The molecule has 0 saturated heterocycles. The molecule has 1 amide bonds. The molecule has 1 aromatic heterocycles. The van der Waals surface area contributed by atoms with Crippen LogP contribution in [0.3, 0.4) is 0 Å². The number of carbonyl (C=O) groups excluding carboxylic acids is 1. The minimum absolute atomic E-state index is 0.0121. The third-order valence-electron chi connectivity index (χ3n) is 2.90. The van der Waals surface area contributed by atoms with Crippen molar-refractivity contribution in [2.45, 2.75) is 42.8 Å². The van der Waals surface area contributed by atoms with Crippen LogP contribution in [0.4, 0.5) is 10.8 Å². The van der Waals surface area contributed by atoms with Gasteiger partial charge in [-0.25, -0.2) is 0 Å². The molecule has 0 spiro atoms. The Hall–Kier alpha value is -1.80. The highest BCUT2D eigenvalue weighted by atomic mass is 32.2. The van der Waals surface area contributed by atoms with Crippen LogP contribution in [0.2, 0.25) is 0 Å². The van der Waals surface area contributed by atoms with Crippen molar-refractivity contribution < 1.29 is 9.53 Å². The summed E-state index contributed by atoms with van der Waals surface area (Å²) in [5, 5.41) is 14.8. The fourth-order valence-electron chi connectivity index (χ4n) is 1.85. The molecule has 1 heterocycles. The van der Waals surface area contributed by atoms with E-state index in [9.17, 15) is 4.79 Å². The summed E-state index contributed by atoms with van der Waals surface area (Å²) >= 11 is 2.80. The molecule has 8 heteroatoms. The number of anilines is 2. The number of ether oxygens (including phenoxy) is 1. The Morgan fingerprint density at radius 2 is 2.00 bits per heavy atom. The van der Waals surface area contributed by atoms with Crippen LogP contribution in [0, 0.1) is 0 Å². The Bertz CT molecular complexity index is 697. The second-order valence-corrected chi connectivity index (χ2v) is 8.76. The molecule has 1 aromatic carbocycles. The van der Waals surface area contributed by atoms with Gasteiger partial charge in [-0.1, -0.05) is 35.2 Å². The SMILES string of the molecule is COc1ccccc1Nc1nnc(SC(C)C(=O)NC(C)(C)C)s1. The molecule has 6 nitrogen and oxygen atoms in total. The molecular formula is C16H22N4O2S2. The number of amides is 1. The molecule has 1 atom stereocenters. The molecule has 130 valence electrons. The molecule has 2 aromatic rings. The Morgan fingerprint density at radius 3 is 2.67 bits per heavy atom. The van der Waals surface area contributed by atoms with Crippen molar-refractivity contribution in [2.24, 2.45) is 0 Å². The number of aromatic nitrogens is 2. The van der Waals surface area contributed by atoms with E-state index in [1.54, 1.807) is 7.11 Å². The lowest BCUT2D eigenvalue weighted by Gasteiger charge is -2.22. The monoisotopic (exact) mass is 366 g/mol. The standard InChI is InChI=1S/C16H22N4O2S2/c1-10(13(21)18-16(2,3)4)23-15-20-19-14(24-15)17-11-8-6-7-9-12(11)22-5/h6-10H,1-5H3,(H,17,19)(H,18,21). The second-order valence-electron chi connectivity index (χ2n) is 6.20. The molecule has 24 heavy (non-hydrogen) atoms. The van der Waals surface area contributed by atoms with Gasteiger partial charge in [0.05, 0.1) is 18.0 Å². The van der Waals surface area contributed by atoms with Gasteiger partial charge in [0.25, 0.3) is 0 Å². The maximum Gasteiger partial charge on any atom is 0.233 e. The lowest BCUT2D eigenvalue weighted by molar-refractivity contribution is -0.121. The third-order valence-corrected chi connectivity index (χ3v) is 4.92. The average molecular weight is 367 g/mol. The van der Waals surface area contributed by atoms with Gasteiger partial charge in [-0.15, -0.1) is 10.2 Å². The summed E-state index contributed by atoms with van der Waals surface area (Å²) in [5.41, 5.74) is 0.579. The highest BCUT2D eigenvalue weighted by molar-refractivity contribution is 8.02. The van der Waals surface area contributed by atoms with Crippen LogP contribution in [0.15, 0.2) is 28.6 Å². The quantitative estimate of drug-likeness (QED) is 0.760. The topological polar surface area (TPSA) is 76.1 Å². The van der Waals surface area contributed by atoms with Gasteiger partial charge in [-0.3, -0.25) is 4.79 Å². The van der Waals surface area contributed by atoms with Gasteiger partial charge in [0.15, 0.2) is 4.34 Å². The second kappa shape index (κ2) is 7.85. The van der Waals surface area contributed by atoms with Crippen LogP contribution < -0.4 is 15.4 Å². The molecule has 2 rings (SSSR count). The van der Waals surface area contributed by atoms with Crippen LogP contribution >= 0.6 is 23.1 Å². The molecule has 2 N–H and O–H groups in total. The zero-order valence-electron chi connectivity index (χ0n) is 14.4. The maximum atomic E-state index is 12.1. The number of hydrogen-bond donors (Lipinski definition) is 2. The van der Waals surface area contributed by atoms with E-state index >= 15 is 0 Å². The van der Waals surface area contributed by atoms with E-state index in [0.29, 0.717) is 5.13 Å². The Kier molecular flexibility index (Phi) is 6.06. The molecule has 0 aliphatic carbocycles. The van der Waals surface area contributed by atoms with Crippen molar-refractivity contribution in [1.29, 1.82) is 0 Å². The summed E-state index contributed by atoms with van der Waals surface area (Å²) in [7, 11) is 1.62. The summed E-state index contributed by atoms with van der Waals surface area (Å²) < 4.78 is 6.04. The van der Waals surface area contributed by atoms with E-state index in [1.165, 1.54) is 23.1 Å². The highest BCUT2D eigenvalue weighted by Gasteiger charge is 2.21. The Balaban J connectivity index is 1.99. The van der Waals surface area contributed by atoms with Gasteiger partial charge < -0.3 is 15.4 Å². The van der Waals surface area contributed by atoms with Crippen LogP contribution in [0.1, 0.15) is 27.7 Å². The smallest absolute Gasteiger partial charge is 0.233 e. The number of nitrogens with zero attached hydrogens (tertiary/aromatic N) is 2. The van der Waals surface area contributed by atoms with Gasteiger partial charge in [-0.2, -0.15) is 0 Å². The van der Waals surface area contributed by atoms with Gasteiger partial charge in [-0.05, 0) is 39.8 Å². The fraction of sp³-hybridized carbons (Fsp3) is 0.438. The number of thioether (sulfide) groups is 1. The summed E-state index contributed by atoms with van der Waals surface area (Å²) in [6, 6.07) is 7.60. The van der Waals surface area contributed by atoms with Gasteiger partial charge >= 0.3 is 0 Å². The molecular weight excluding hydrogens is 344 g/mol. The molecule has 0 fully saturated rings. The first-order chi connectivity index (χ1) is 11.3. The Labute approximate surface area is 150 Å². The highest BCUT2D eigenvalue weighted by Crippen LogP contribution is 2.33. The summed E-state index contributed by atoms with van der Waals surface area (Å²) in [4.78, 5) is 12.1. The molecule has 0 aliphatic rings. The van der Waals surface area contributed by atoms with Crippen molar-refractivity contribution in [2.75, 3.05) is 12.4 Å². The van der Waals surface area contributed by atoms with Gasteiger partial charge in [0.1, 0.15) is 5.75 Å². The predicted molar refractivity (Wildman–Crippen MR) is 99.4 cm³/mol. The summed E-state index contributed by atoms with van der Waals surface area (Å²) in [6.07, 6.45) is 0. The van der Waals surface area contributed by atoms with Crippen molar-refractivity contribution in [3.8, 4) is 5.75 Å². The summed E-state index contributed by atoms with van der Waals surface area (Å²) in [5.74, 6) is 0.724. The number of methoxy groups -OCH3 is 1. The van der Waals surface area contributed by atoms with E-state index in [-0.39, 0.29) is 16.7 Å². The van der Waals surface area contributed by atoms with E-state index in [4.69, 9.17) is 4.74 Å². The third kappa shape index (κ3) is 5.38. The molecule has 1 unspecified atom stereocenters. The van der Waals surface area contributed by atoms with Gasteiger partial charge in [0.2, 0.25) is 11.0 Å². The number of nitrogens with one attached hydrogen (secondary N) is 2. The fourth-order valence-corrected chi connectivity index (χ4v) is 3.76. The van der Waals surface area contributed by atoms with Crippen LogP contribution in [0.5, 0.6) is 5.75 Å². The molecule has 0 radical (unpaired) electrons. The predicted octanol–water partition coefficient (Wildman–Crippen LogP) is 3.69. The van der Waals surface area contributed by atoms with Crippen molar-refractivity contribution in [3.63, 3.8) is 0 Å². The zero-order chi connectivity index (χ0) is 17.7. The van der Waals surface area contributed by atoms with E-state index in [0.717, 1.165) is 15.8 Å². The minimum Gasteiger partial charge on any atom is -0.495 e. The first-order valence-electron chi connectivity index (χ1n) is 7.51. The maximum absolute atomic E-state index is 12.1. The van der Waals surface area contributed by atoms with Crippen LogP contribution in [0.25, 0.3) is 0 Å². The minimum atomic E-state index is -0.246. The number of rotatable bonds is 6. The van der Waals surface area contributed by atoms with Crippen molar-refractivity contribution in [3.05, 3.63) is 24.3 Å². The molecule has 0 saturated carbocycles. The van der Waals surface area contributed by atoms with E-state index in [1.807, 2.05) is 52.0 Å². The number of carbonyl (C=O) groups is 1. The number of para-hydroxylation sites is 2. The first-order valence-corrected chi connectivity index (χ1v) is 9.20.